The summed E-state index contributed by atoms with van der Waals surface area (Å²) in [6, 6.07) is 0.970. The predicted octanol–water partition coefficient (Wildman–Crippen LogP) is 3.41. The minimum atomic E-state index is -4.54. The summed E-state index contributed by atoms with van der Waals surface area (Å²) in [6.07, 6.45) is -2.78. The van der Waals surface area contributed by atoms with E-state index in [9.17, 15) is 18.0 Å². The molecule has 1 N–H and O–H groups in total. The van der Waals surface area contributed by atoms with Gasteiger partial charge in [-0.2, -0.15) is 13.2 Å². The lowest BCUT2D eigenvalue weighted by Crippen LogP contribution is -2.43. The maximum absolute atomic E-state index is 13.1. The van der Waals surface area contributed by atoms with Gasteiger partial charge in [0.15, 0.2) is 0 Å². The predicted molar refractivity (Wildman–Crippen MR) is 74.1 cm³/mol. The summed E-state index contributed by atoms with van der Waals surface area (Å²) in [5, 5.41) is 9.12. The van der Waals surface area contributed by atoms with Crippen molar-refractivity contribution in [1.29, 1.82) is 0 Å². The van der Waals surface area contributed by atoms with E-state index >= 15 is 0 Å². The van der Waals surface area contributed by atoms with Gasteiger partial charge in [-0.25, -0.2) is 4.98 Å². The third-order valence-electron chi connectivity index (χ3n) is 3.45. The van der Waals surface area contributed by atoms with Crippen LogP contribution in [0.25, 0.3) is 0 Å². The van der Waals surface area contributed by atoms with Gasteiger partial charge in [0.2, 0.25) is 0 Å². The number of hydrogen-bond donors (Lipinski definition) is 1. The molecule has 1 saturated heterocycles. The van der Waals surface area contributed by atoms with Crippen molar-refractivity contribution in [1.82, 2.24) is 4.98 Å². The van der Waals surface area contributed by atoms with Crippen LogP contribution in [0.4, 0.5) is 19.0 Å². The number of pyridine rings is 1. The smallest absolute Gasteiger partial charge is 0.419 e. The molecule has 0 aliphatic carbocycles. The van der Waals surface area contributed by atoms with Crippen LogP contribution in [0.15, 0.2) is 16.7 Å². The van der Waals surface area contributed by atoms with Crippen LogP contribution in [0.2, 0.25) is 0 Å². The van der Waals surface area contributed by atoms with Gasteiger partial charge >= 0.3 is 12.1 Å². The molecule has 2 heterocycles. The molecule has 2 rings (SSSR count). The first-order valence-electron chi connectivity index (χ1n) is 6.39. The molecule has 0 amide bonds. The number of aromatic nitrogens is 1. The van der Waals surface area contributed by atoms with Gasteiger partial charge in [-0.05, 0) is 34.3 Å². The molecule has 0 saturated carbocycles. The molecule has 1 aliphatic rings. The Labute approximate surface area is 128 Å². The summed E-state index contributed by atoms with van der Waals surface area (Å²) >= 11 is 2.98. The monoisotopic (exact) mass is 366 g/mol. The van der Waals surface area contributed by atoms with Gasteiger partial charge in [-0.15, -0.1) is 0 Å². The van der Waals surface area contributed by atoms with Gasteiger partial charge in [-0.1, -0.05) is 6.92 Å². The number of rotatable bonds is 2. The lowest BCUT2D eigenvalue weighted by molar-refractivity contribution is -0.142. The molecule has 1 aromatic heterocycles. The number of alkyl halides is 3. The normalized spacial score (nSPS) is 23.2. The van der Waals surface area contributed by atoms with Gasteiger partial charge in [0, 0.05) is 23.8 Å². The number of carboxylic acids is 1. The molecule has 1 fully saturated rings. The first kappa shape index (κ1) is 16.1. The fourth-order valence-electron chi connectivity index (χ4n) is 2.60. The minimum absolute atomic E-state index is 0.00798. The molecule has 0 spiro atoms. The maximum atomic E-state index is 13.1. The third kappa shape index (κ3) is 3.66. The molecule has 0 aromatic carbocycles. The second kappa shape index (κ2) is 5.82. The van der Waals surface area contributed by atoms with Gasteiger partial charge < -0.3 is 10.0 Å². The first-order valence-corrected chi connectivity index (χ1v) is 7.18. The number of piperidine rings is 1. The summed E-state index contributed by atoms with van der Waals surface area (Å²) in [6.45, 7) is 2.23. The summed E-state index contributed by atoms with van der Waals surface area (Å²) in [5.74, 6) is -1.88. The SMILES string of the molecule is CC1CC(C(=O)O)CN(c2ncc(Br)cc2C(F)(F)F)C1. The highest BCUT2D eigenvalue weighted by molar-refractivity contribution is 9.10. The fourth-order valence-corrected chi connectivity index (χ4v) is 2.93. The van der Waals surface area contributed by atoms with E-state index in [-0.39, 0.29) is 22.8 Å². The Hall–Kier alpha value is -1.31. The van der Waals surface area contributed by atoms with Gasteiger partial charge in [0.05, 0.1) is 11.5 Å². The van der Waals surface area contributed by atoms with Crippen molar-refractivity contribution in [3.05, 3.63) is 22.3 Å². The third-order valence-corrected chi connectivity index (χ3v) is 3.88. The Morgan fingerprint density at radius 1 is 1.48 bits per heavy atom. The molecular weight excluding hydrogens is 353 g/mol. The molecule has 0 bridgehead atoms. The molecule has 0 radical (unpaired) electrons. The van der Waals surface area contributed by atoms with Crippen LogP contribution in [-0.4, -0.2) is 29.1 Å². The van der Waals surface area contributed by atoms with Crippen LogP contribution < -0.4 is 4.90 Å². The quantitative estimate of drug-likeness (QED) is 0.871. The van der Waals surface area contributed by atoms with E-state index in [4.69, 9.17) is 5.11 Å². The number of nitrogens with zero attached hydrogens (tertiary/aromatic N) is 2. The van der Waals surface area contributed by atoms with Crippen LogP contribution >= 0.6 is 15.9 Å². The van der Waals surface area contributed by atoms with Crippen LogP contribution in [0.3, 0.4) is 0 Å². The van der Waals surface area contributed by atoms with E-state index < -0.39 is 23.6 Å². The second-order valence-corrected chi connectivity index (χ2v) is 6.22. The van der Waals surface area contributed by atoms with Crippen LogP contribution in [-0.2, 0) is 11.0 Å². The van der Waals surface area contributed by atoms with Crippen molar-refractivity contribution in [2.45, 2.75) is 19.5 Å². The molecule has 8 heteroatoms. The Balaban J connectivity index is 2.39. The minimum Gasteiger partial charge on any atom is -0.481 e. The highest BCUT2D eigenvalue weighted by Crippen LogP contribution is 2.38. The standard InChI is InChI=1S/C13H14BrF3N2O2/c1-7-2-8(12(20)21)6-19(5-7)11-10(13(15,16)17)3-9(14)4-18-11/h3-4,7-8H,2,5-6H2,1H3,(H,20,21). The molecule has 1 aliphatic heterocycles. The summed E-state index contributed by atoms with van der Waals surface area (Å²) in [7, 11) is 0. The number of aliphatic carboxylic acids is 1. The van der Waals surface area contributed by atoms with Crippen molar-refractivity contribution in [3.8, 4) is 0 Å². The molecule has 4 nitrogen and oxygen atoms in total. The summed E-state index contributed by atoms with van der Waals surface area (Å²) in [4.78, 5) is 16.4. The molecule has 1 aromatic rings. The van der Waals surface area contributed by atoms with E-state index in [1.54, 1.807) is 0 Å². The topological polar surface area (TPSA) is 53.4 Å². The van der Waals surface area contributed by atoms with Gasteiger partial charge in [0.25, 0.3) is 0 Å². The Morgan fingerprint density at radius 2 is 2.14 bits per heavy atom. The molecule has 116 valence electrons. The second-order valence-electron chi connectivity index (χ2n) is 5.30. The van der Waals surface area contributed by atoms with Crippen molar-refractivity contribution in [2.24, 2.45) is 11.8 Å². The van der Waals surface area contributed by atoms with Crippen LogP contribution in [0, 0.1) is 11.8 Å². The average molecular weight is 367 g/mol. The summed E-state index contributed by atoms with van der Waals surface area (Å²) in [5.41, 5.74) is -0.852. The zero-order valence-corrected chi connectivity index (χ0v) is 12.8. The van der Waals surface area contributed by atoms with Crippen LogP contribution in [0.5, 0.6) is 0 Å². The molecule has 2 atom stereocenters. The van der Waals surface area contributed by atoms with Gasteiger partial charge in [0.1, 0.15) is 5.82 Å². The van der Waals surface area contributed by atoms with Crippen molar-refractivity contribution in [3.63, 3.8) is 0 Å². The molecule has 2 unspecified atom stereocenters. The Kier molecular flexibility index (Phi) is 4.46. The first-order chi connectivity index (χ1) is 9.68. The van der Waals surface area contributed by atoms with E-state index in [2.05, 4.69) is 20.9 Å². The number of anilines is 1. The summed E-state index contributed by atoms with van der Waals surface area (Å²) < 4.78 is 39.6. The zero-order chi connectivity index (χ0) is 15.8. The highest BCUT2D eigenvalue weighted by atomic mass is 79.9. The largest absolute Gasteiger partial charge is 0.481 e. The fraction of sp³-hybridized carbons (Fsp3) is 0.538. The number of halogens is 4. The van der Waals surface area contributed by atoms with Crippen molar-refractivity contribution >= 4 is 27.7 Å². The maximum Gasteiger partial charge on any atom is 0.419 e. The number of carboxylic acid groups (broad SMARTS) is 1. The lowest BCUT2D eigenvalue weighted by Gasteiger charge is -2.36. The highest BCUT2D eigenvalue weighted by Gasteiger charge is 2.38. The molecular formula is C13H14BrF3N2O2. The van der Waals surface area contributed by atoms with E-state index in [1.807, 2.05) is 6.92 Å². The van der Waals surface area contributed by atoms with Gasteiger partial charge in [-0.3, -0.25) is 4.79 Å². The van der Waals surface area contributed by atoms with E-state index in [0.29, 0.717) is 13.0 Å². The number of carbonyl (C=O) groups is 1. The van der Waals surface area contributed by atoms with Crippen molar-refractivity contribution < 1.29 is 23.1 Å². The molecule has 21 heavy (non-hydrogen) atoms. The zero-order valence-electron chi connectivity index (χ0n) is 11.2. The van der Waals surface area contributed by atoms with E-state index in [1.165, 1.54) is 11.1 Å². The Morgan fingerprint density at radius 3 is 2.71 bits per heavy atom. The number of hydrogen-bond acceptors (Lipinski definition) is 3. The van der Waals surface area contributed by atoms with E-state index in [0.717, 1.165) is 6.07 Å². The Bertz CT molecular complexity index is 551. The van der Waals surface area contributed by atoms with Crippen molar-refractivity contribution in [2.75, 3.05) is 18.0 Å². The van der Waals surface area contributed by atoms with Crippen LogP contribution in [0.1, 0.15) is 18.9 Å². The average Bonchev–Trinajstić information content (AvgIpc) is 2.36. The lowest BCUT2D eigenvalue weighted by atomic mass is 9.90.